The number of anilines is 1. The Morgan fingerprint density at radius 1 is 1.08 bits per heavy atom. The minimum atomic E-state index is -3.68. The van der Waals surface area contributed by atoms with E-state index in [0.717, 1.165) is 22.2 Å². The molecule has 0 amide bonds. The molecule has 0 saturated heterocycles. The van der Waals surface area contributed by atoms with Gasteiger partial charge in [-0.05, 0) is 36.8 Å². The van der Waals surface area contributed by atoms with Crippen LogP contribution in [0.3, 0.4) is 0 Å². The number of aryl methyl sites for hydroxylation is 2. The first kappa shape index (κ1) is 16.4. The normalized spacial score (nSPS) is 11.8. The van der Waals surface area contributed by atoms with Crippen LogP contribution in [0.4, 0.5) is 5.69 Å². The van der Waals surface area contributed by atoms with Crippen molar-refractivity contribution in [3.8, 4) is 11.3 Å². The SMILES string of the molecule is Cc1ccccc1-c1cc2ccc(NS(=O)(=O)c3ccnn3C)cc2[nH]1. The van der Waals surface area contributed by atoms with Gasteiger partial charge in [-0.2, -0.15) is 13.5 Å². The molecule has 26 heavy (non-hydrogen) atoms. The summed E-state index contributed by atoms with van der Waals surface area (Å²) in [7, 11) is -2.09. The first-order chi connectivity index (χ1) is 12.4. The fraction of sp³-hybridized carbons (Fsp3) is 0.105. The molecule has 0 saturated carbocycles. The summed E-state index contributed by atoms with van der Waals surface area (Å²) in [5, 5.41) is 5.05. The summed E-state index contributed by atoms with van der Waals surface area (Å²) in [5.74, 6) is 0. The quantitative estimate of drug-likeness (QED) is 0.578. The van der Waals surface area contributed by atoms with Crippen molar-refractivity contribution in [3.05, 3.63) is 66.4 Å². The standard InChI is InChI=1S/C19H18N4O2S/c1-13-5-3-4-6-16(13)18-11-14-7-8-15(12-17(14)21-18)22-26(24,25)19-9-10-20-23(19)2/h3-12,21-22H,1-2H3. The summed E-state index contributed by atoms with van der Waals surface area (Å²) in [6.45, 7) is 2.06. The number of sulfonamides is 1. The number of nitrogens with one attached hydrogen (secondary N) is 2. The Hall–Kier alpha value is -3.06. The lowest BCUT2D eigenvalue weighted by atomic mass is 10.1. The van der Waals surface area contributed by atoms with Gasteiger partial charge in [0, 0.05) is 29.2 Å². The van der Waals surface area contributed by atoms with Crippen LogP contribution < -0.4 is 4.72 Å². The fourth-order valence-corrected chi connectivity index (χ4v) is 4.22. The third-order valence-electron chi connectivity index (χ3n) is 4.36. The third-order valence-corrected chi connectivity index (χ3v) is 5.82. The van der Waals surface area contributed by atoms with E-state index in [0.29, 0.717) is 5.69 Å². The number of nitrogens with zero attached hydrogens (tertiary/aromatic N) is 2. The molecule has 0 bridgehead atoms. The Balaban J connectivity index is 1.71. The molecule has 7 heteroatoms. The Morgan fingerprint density at radius 2 is 1.88 bits per heavy atom. The van der Waals surface area contributed by atoms with Gasteiger partial charge in [0.15, 0.2) is 5.03 Å². The van der Waals surface area contributed by atoms with Crippen LogP contribution in [0, 0.1) is 6.92 Å². The van der Waals surface area contributed by atoms with Crippen molar-refractivity contribution >= 4 is 26.6 Å². The van der Waals surface area contributed by atoms with Gasteiger partial charge in [-0.1, -0.05) is 30.3 Å². The van der Waals surface area contributed by atoms with Gasteiger partial charge in [-0.3, -0.25) is 9.40 Å². The van der Waals surface area contributed by atoms with Crippen LogP contribution in [0.25, 0.3) is 22.2 Å². The highest BCUT2D eigenvalue weighted by Crippen LogP contribution is 2.28. The zero-order chi connectivity index (χ0) is 18.3. The number of rotatable bonds is 4. The zero-order valence-electron chi connectivity index (χ0n) is 14.4. The van der Waals surface area contributed by atoms with Crippen LogP contribution in [0.1, 0.15) is 5.56 Å². The van der Waals surface area contributed by atoms with Crippen molar-refractivity contribution in [1.82, 2.24) is 14.8 Å². The van der Waals surface area contributed by atoms with Crippen molar-refractivity contribution in [3.63, 3.8) is 0 Å². The minimum Gasteiger partial charge on any atom is -0.354 e. The molecule has 0 unspecified atom stereocenters. The molecule has 2 aromatic carbocycles. The average molecular weight is 366 g/mol. The van der Waals surface area contributed by atoms with Crippen LogP contribution >= 0.6 is 0 Å². The minimum absolute atomic E-state index is 0.115. The average Bonchev–Trinajstić information content (AvgIpc) is 3.21. The molecule has 0 aliphatic carbocycles. The van der Waals surface area contributed by atoms with E-state index in [2.05, 4.69) is 39.9 Å². The summed E-state index contributed by atoms with van der Waals surface area (Å²) in [4.78, 5) is 3.37. The molecular formula is C19H18N4O2S. The maximum atomic E-state index is 12.5. The van der Waals surface area contributed by atoms with Crippen LogP contribution in [0.2, 0.25) is 0 Å². The number of fused-ring (bicyclic) bond motifs is 1. The molecule has 0 spiro atoms. The molecule has 132 valence electrons. The Labute approximate surface area is 151 Å². The zero-order valence-corrected chi connectivity index (χ0v) is 15.2. The summed E-state index contributed by atoms with van der Waals surface area (Å²) in [6.07, 6.45) is 1.46. The van der Waals surface area contributed by atoms with Gasteiger partial charge in [-0.25, -0.2) is 0 Å². The molecule has 0 aliphatic heterocycles. The van der Waals surface area contributed by atoms with Crippen LogP contribution in [-0.4, -0.2) is 23.2 Å². The highest BCUT2D eigenvalue weighted by Gasteiger charge is 2.18. The van der Waals surface area contributed by atoms with Crippen molar-refractivity contribution in [2.45, 2.75) is 11.9 Å². The summed E-state index contributed by atoms with van der Waals surface area (Å²) in [5.41, 5.74) is 4.67. The maximum Gasteiger partial charge on any atom is 0.279 e. The van der Waals surface area contributed by atoms with Crippen LogP contribution in [0.15, 0.2) is 65.8 Å². The molecule has 6 nitrogen and oxygen atoms in total. The van der Waals surface area contributed by atoms with Gasteiger partial charge >= 0.3 is 0 Å². The van der Waals surface area contributed by atoms with Crippen molar-refractivity contribution in [2.75, 3.05) is 4.72 Å². The lowest BCUT2D eigenvalue weighted by molar-refractivity contribution is 0.582. The van der Waals surface area contributed by atoms with Crippen LogP contribution in [-0.2, 0) is 17.1 Å². The largest absolute Gasteiger partial charge is 0.354 e. The van der Waals surface area contributed by atoms with Gasteiger partial charge < -0.3 is 4.98 Å². The predicted molar refractivity (Wildman–Crippen MR) is 102 cm³/mol. The molecule has 2 N–H and O–H groups in total. The van der Waals surface area contributed by atoms with E-state index in [1.54, 1.807) is 19.2 Å². The van der Waals surface area contributed by atoms with Gasteiger partial charge in [-0.15, -0.1) is 0 Å². The number of aromatic nitrogens is 3. The molecule has 4 aromatic rings. The van der Waals surface area contributed by atoms with Crippen molar-refractivity contribution in [1.29, 1.82) is 0 Å². The number of aromatic amines is 1. The predicted octanol–water partition coefficient (Wildman–Crippen LogP) is 3.68. The second kappa shape index (κ2) is 6.03. The van der Waals surface area contributed by atoms with E-state index in [9.17, 15) is 8.42 Å². The topological polar surface area (TPSA) is 79.8 Å². The molecule has 0 aliphatic rings. The van der Waals surface area contributed by atoms with Crippen molar-refractivity contribution in [2.24, 2.45) is 7.05 Å². The molecule has 2 heterocycles. The number of H-pyrrole nitrogens is 1. The first-order valence-corrected chi connectivity index (χ1v) is 9.62. The highest BCUT2D eigenvalue weighted by molar-refractivity contribution is 7.92. The Kier molecular flexibility index (Phi) is 3.81. The molecule has 2 aromatic heterocycles. The summed E-state index contributed by atoms with van der Waals surface area (Å²) in [6, 6.07) is 17.1. The molecule has 4 rings (SSSR count). The summed E-state index contributed by atoms with van der Waals surface area (Å²) >= 11 is 0. The van der Waals surface area contributed by atoms with E-state index >= 15 is 0 Å². The monoisotopic (exact) mass is 366 g/mol. The van der Waals surface area contributed by atoms with E-state index < -0.39 is 10.0 Å². The first-order valence-electron chi connectivity index (χ1n) is 8.14. The van der Waals surface area contributed by atoms with E-state index in [1.807, 2.05) is 18.2 Å². The highest BCUT2D eigenvalue weighted by atomic mass is 32.2. The lowest BCUT2D eigenvalue weighted by Gasteiger charge is -2.08. The molecule has 0 atom stereocenters. The smallest absolute Gasteiger partial charge is 0.279 e. The van der Waals surface area contributed by atoms with Gasteiger partial charge in [0.25, 0.3) is 10.0 Å². The van der Waals surface area contributed by atoms with Gasteiger partial charge in [0.05, 0.1) is 11.9 Å². The van der Waals surface area contributed by atoms with Gasteiger partial charge in [0.1, 0.15) is 0 Å². The fourth-order valence-electron chi connectivity index (χ4n) is 3.04. The van der Waals surface area contributed by atoms with E-state index in [-0.39, 0.29) is 5.03 Å². The van der Waals surface area contributed by atoms with Crippen molar-refractivity contribution < 1.29 is 8.42 Å². The van der Waals surface area contributed by atoms with Gasteiger partial charge in [0.2, 0.25) is 0 Å². The molecule has 0 fully saturated rings. The molecule has 0 radical (unpaired) electrons. The number of benzene rings is 2. The maximum absolute atomic E-state index is 12.5. The second-order valence-corrected chi connectivity index (χ2v) is 7.83. The van der Waals surface area contributed by atoms with Crippen LogP contribution in [0.5, 0.6) is 0 Å². The molecular weight excluding hydrogens is 348 g/mol. The number of hydrogen-bond donors (Lipinski definition) is 2. The third kappa shape index (κ3) is 2.86. The lowest BCUT2D eigenvalue weighted by Crippen LogP contribution is -2.16. The van der Waals surface area contributed by atoms with E-state index in [4.69, 9.17) is 0 Å². The number of hydrogen-bond acceptors (Lipinski definition) is 3. The second-order valence-electron chi connectivity index (χ2n) is 6.20. The Morgan fingerprint density at radius 3 is 2.62 bits per heavy atom. The summed E-state index contributed by atoms with van der Waals surface area (Å²) < 4.78 is 28.9. The van der Waals surface area contributed by atoms with E-state index in [1.165, 1.54) is 22.5 Å². The Bertz CT molecular complexity index is 1210.